The van der Waals surface area contributed by atoms with Crippen LogP contribution in [0, 0.1) is 6.92 Å². The van der Waals surface area contributed by atoms with Crippen LogP contribution >= 0.6 is 11.8 Å². The number of aromatic nitrogens is 3. The lowest BCUT2D eigenvalue weighted by atomic mass is 10.2. The van der Waals surface area contributed by atoms with Crippen LogP contribution in [0.2, 0.25) is 0 Å². The molecule has 2 aromatic rings. The van der Waals surface area contributed by atoms with Gasteiger partial charge in [0, 0.05) is 12.6 Å². The lowest BCUT2D eigenvalue weighted by Gasteiger charge is -2.12. The van der Waals surface area contributed by atoms with E-state index >= 15 is 0 Å². The summed E-state index contributed by atoms with van der Waals surface area (Å²) in [5, 5.41) is 11.9. The normalized spacial score (nSPS) is 15.0. The molecule has 0 bridgehead atoms. The molecular formula is C19H27N5O3S2. The molecule has 8 nitrogen and oxygen atoms in total. The number of sulfonamides is 1. The van der Waals surface area contributed by atoms with Gasteiger partial charge in [-0.15, -0.1) is 10.2 Å². The van der Waals surface area contributed by atoms with E-state index in [9.17, 15) is 13.2 Å². The minimum atomic E-state index is -3.63. The van der Waals surface area contributed by atoms with E-state index in [1.807, 2.05) is 18.4 Å². The zero-order chi connectivity index (χ0) is 20.9. The largest absolute Gasteiger partial charge is 0.353 e. The van der Waals surface area contributed by atoms with Crippen LogP contribution in [0.5, 0.6) is 0 Å². The average Bonchev–Trinajstić information content (AvgIpc) is 3.34. The number of carbonyl (C=O) groups is 1. The molecule has 29 heavy (non-hydrogen) atoms. The second-order valence-electron chi connectivity index (χ2n) is 7.12. The van der Waals surface area contributed by atoms with Gasteiger partial charge in [0.2, 0.25) is 15.9 Å². The molecule has 1 aromatic carbocycles. The number of nitrogens with one attached hydrogen (secondary N) is 2. The Labute approximate surface area is 175 Å². The minimum Gasteiger partial charge on any atom is -0.353 e. The number of hydrogen-bond donors (Lipinski definition) is 2. The van der Waals surface area contributed by atoms with E-state index < -0.39 is 10.0 Å². The number of thioether (sulfide) groups is 1. The van der Waals surface area contributed by atoms with Gasteiger partial charge in [-0.2, -0.15) is 0 Å². The minimum absolute atomic E-state index is 0.00539. The quantitative estimate of drug-likeness (QED) is 0.583. The second kappa shape index (κ2) is 9.73. The molecule has 1 aromatic heterocycles. The summed E-state index contributed by atoms with van der Waals surface area (Å²) in [7, 11) is -3.63. The van der Waals surface area contributed by atoms with Gasteiger partial charge in [0.15, 0.2) is 5.16 Å². The van der Waals surface area contributed by atoms with Crippen molar-refractivity contribution in [1.82, 2.24) is 24.8 Å². The summed E-state index contributed by atoms with van der Waals surface area (Å²) in [4.78, 5) is 12.3. The zero-order valence-electron chi connectivity index (χ0n) is 16.7. The van der Waals surface area contributed by atoms with Crippen molar-refractivity contribution < 1.29 is 13.2 Å². The van der Waals surface area contributed by atoms with E-state index in [-0.39, 0.29) is 23.1 Å². The Morgan fingerprint density at radius 1 is 1.21 bits per heavy atom. The molecule has 1 fully saturated rings. The van der Waals surface area contributed by atoms with Crippen molar-refractivity contribution >= 4 is 27.7 Å². The summed E-state index contributed by atoms with van der Waals surface area (Å²) < 4.78 is 29.3. The highest BCUT2D eigenvalue weighted by Crippen LogP contribution is 2.20. The molecule has 10 heteroatoms. The summed E-state index contributed by atoms with van der Waals surface area (Å²) in [6.45, 7) is 4.46. The van der Waals surface area contributed by atoms with Gasteiger partial charge in [0.05, 0.1) is 17.2 Å². The molecule has 1 amide bonds. The average molecular weight is 438 g/mol. The topological polar surface area (TPSA) is 106 Å². The van der Waals surface area contributed by atoms with Crippen LogP contribution in [0.15, 0.2) is 34.3 Å². The summed E-state index contributed by atoms with van der Waals surface area (Å²) in [5.41, 5.74) is 0.994. The van der Waals surface area contributed by atoms with Gasteiger partial charge in [-0.1, -0.05) is 42.3 Å². The first-order chi connectivity index (χ1) is 13.9. The number of rotatable bonds is 9. The number of amides is 1. The first kappa shape index (κ1) is 21.8. The van der Waals surface area contributed by atoms with Gasteiger partial charge in [-0.05, 0) is 38.8 Å². The van der Waals surface area contributed by atoms with Crippen molar-refractivity contribution in [1.29, 1.82) is 0 Å². The van der Waals surface area contributed by atoms with Gasteiger partial charge in [0.25, 0.3) is 0 Å². The Balaban J connectivity index is 1.58. The second-order valence-corrected chi connectivity index (χ2v) is 9.83. The maximum atomic E-state index is 12.5. The zero-order valence-corrected chi connectivity index (χ0v) is 18.4. The van der Waals surface area contributed by atoms with Gasteiger partial charge in [0.1, 0.15) is 5.82 Å². The Hall–Kier alpha value is -1.91. The third-order valence-corrected chi connectivity index (χ3v) is 7.30. The van der Waals surface area contributed by atoms with Crippen LogP contribution in [-0.2, 0) is 27.9 Å². The van der Waals surface area contributed by atoms with Crippen LogP contribution < -0.4 is 10.0 Å². The lowest BCUT2D eigenvalue weighted by Crippen LogP contribution is -2.33. The molecule has 0 spiro atoms. The third kappa shape index (κ3) is 5.80. The van der Waals surface area contributed by atoms with E-state index in [4.69, 9.17) is 0 Å². The third-order valence-electron chi connectivity index (χ3n) is 4.91. The molecular weight excluding hydrogens is 410 g/mol. The molecule has 158 valence electrons. The fourth-order valence-electron chi connectivity index (χ4n) is 3.30. The van der Waals surface area contributed by atoms with E-state index in [1.54, 1.807) is 24.3 Å². The van der Waals surface area contributed by atoms with Crippen LogP contribution in [-0.4, -0.2) is 40.9 Å². The highest BCUT2D eigenvalue weighted by Gasteiger charge is 2.20. The van der Waals surface area contributed by atoms with E-state index in [0.717, 1.165) is 18.4 Å². The van der Waals surface area contributed by atoms with Gasteiger partial charge >= 0.3 is 0 Å². The Kier molecular flexibility index (Phi) is 7.31. The molecule has 0 radical (unpaired) electrons. The van der Waals surface area contributed by atoms with Crippen molar-refractivity contribution in [2.24, 2.45) is 0 Å². The number of aryl methyl sites for hydroxylation is 1. The van der Waals surface area contributed by atoms with Gasteiger partial charge < -0.3 is 9.88 Å². The molecule has 1 aliphatic rings. The van der Waals surface area contributed by atoms with Crippen LogP contribution in [0.1, 0.15) is 44.0 Å². The molecule has 0 aliphatic heterocycles. The maximum Gasteiger partial charge on any atom is 0.240 e. The smallest absolute Gasteiger partial charge is 0.240 e. The Morgan fingerprint density at radius 3 is 2.55 bits per heavy atom. The molecule has 2 N–H and O–H groups in total. The van der Waals surface area contributed by atoms with Crippen molar-refractivity contribution in [3.63, 3.8) is 0 Å². The number of nitrogens with zero attached hydrogens (tertiary/aromatic N) is 3. The van der Waals surface area contributed by atoms with Crippen molar-refractivity contribution in [2.45, 2.75) is 68.7 Å². The molecule has 0 saturated heterocycles. The van der Waals surface area contributed by atoms with Gasteiger partial charge in [-0.25, -0.2) is 13.1 Å². The molecule has 1 aliphatic carbocycles. The summed E-state index contributed by atoms with van der Waals surface area (Å²) >= 11 is 1.32. The highest BCUT2D eigenvalue weighted by molar-refractivity contribution is 7.99. The monoisotopic (exact) mass is 437 g/mol. The number of carbonyl (C=O) groups excluding carboxylic acids is 1. The molecule has 1 saturated carbocycles. The molecule has 1 heterocycles. The highest BCUT2D eigenvalue weighted by atomic mass is 32.2. The number of hydrogen-bond acceptors (Lipinski definition) is 6. The van der Waals surface area contributed by atoms with Crippen LogP contribution in [0.25, 0.3) is 0 Å². The van der Waals surface area contributed by atoms with E-state index in [1.165, 1.54) is 24.6 Å². The fraction of sp³-hybridized carbons (Fsp3) is 0.526. The van der Waals surface area contributed by atoms with E-state index in [0.29, 0.717) is 23.6 Å². The molecule has 3 rings (SSSR count). The number of benzene rings is 1. The Morgan fingerprint density at radius 2 is 1.90 bits per heavy atom. The standard InChI is InChI=1S/C19H27N5O3S2/c1-3-24-17(12-20-29(26,27)16-10-8-14(2)9-11-16)22-23-19(24)28-13-18(25)21-15-6-4-5-7-15/h8-11,15,20H,3-7,12-13H2,1-2H3,(H,21,25). The summed E-state index contributed by atoms with van der Waals surface area (Å²) in [6, 6.07) is 6.96. The lowest BCUT2D eigenvalue weighted by molar-refractivity contribution is -0.119. The predicted octanol–water partition coefficient (Wildman–Crippen LogP) is 2.24. The predicted molar refractivity (Wildman–Crippen MR) is 112 cm³/mol. The van der Waals surface area contributed by atoms with Crippen molar-refractivity contribution in [3.05, 3.63) is 35.7 Å². The fourth-order valence-corrected chi connectivity index (χ4v) is 5.12. The maximum absolute atomic E-state index is 12.5. The van der Waals surface area contributed by atoms with Crippen molar-refractivity contribution in [2.75, 3.05) is 5.75 Å². The van der Waals surface area contributed by atoms with Crippen LogP contribution in [0.4, 0.5) is 0 Å². The summed E-state index contributed by atoms with van der Waals surface area (Å²) in [6.07, 6.45) is 4.44. The molecule has 0 atom stereocenters. The van der Waals surface area contributed by atoms with Crippen LogP contribution in [0.3, 0.4) is 0 Å². The molecule has 0 unspecified atom stereocenters. The van der Waals surface area contributed by atoms with Gasteiger partial charge in [-0.3, -0.25) is 4.79 Å². The SMILES string of the molecule is CCn1c(CNS(=O)(=O)c2ccc(C)cc2)nnc1SCC(=O)NC1CCCC1. The first-order valence-electron chi connectivity index (χ1n) is 9.79. The summed E-state index contributed by atoms with van der Waals surface area (Å²) in [5.74, 6) is 0.778. The van der Waals surface area contributed by atoms with Crippen molar-refractivity contribution in [3.8, 4) is 0 Å². The first-order valence-corrected chi connectivity index (χ1v) is 12.3. The Bertz CT molecular complexity index is 935. The van der Waals surface area contributed by atoms with E-state index in [2.05, 4.69) is 20.2 Å².